The van der Waals surface area contributed by atoms with E-state index in [1.165, 1.54) is 6.92 Å². The lowest BCUT2D eigenvalue weighted by Gasteiger charge is -2.64. The average molecular weight is 1020 g/mol. The van der Waals surface area contributed by atoms with Gasteiger partial charge in [0.2, 0.25) is 6.29 Å². The molecule has 1 spiro atoms. The summed E-state index contributed by atoms with van der Waals surface area (Å²) in [5.41, 5.74) is -2.38. The first-order chi connectivity index (χ1) is 33.4. The summed E-state index contributed by atoms with van der Waals surface area (Å²) in [7, 11) is 0. The molecule has 4 saturated carbocycles. The molecule has 0 aromatic heterocycles. The van der Waals surface area contributed by atoms with Crippen LogP contribution in [0, 0.1) is 28.1 Å². The number of aliphatic hydroxyl groups is 11. The Morgan fingerprint density at radius 1 is 0.690 bits per heavy atom. The smallest absolute Gasteiger partial charge is 0.317 e. The number of hydrogen-bond donors (Lipinski definition) is 12. The number of aliphatic hydroxyl groups excluding tert-OH is 11. The third kappa shape index (κ3) is 9.94. The summed E-state index contributed by atoms with van der Waals surface area (Å²) in [5.74, 6) is -3.51. The van der Waals surface area contributed by atoms with Crippen molar-refractivity contribution in [2.24, 2.45) is 28.1 Å². The van der Waals surface area contributed by atoms with E-state index in [0.29, 0.717) is 51.4 Å². The highest BCUT2D eigenvalue weighted by atomic mass is 16.8. The third-order valence-electron chi connectivity index (χ3n) is 17.4. The molecular formula is C47H72O24. The molecule has 4 aliphatic heterocycles. The van der Waals surface area contributed by atoms with Gasteiger partial charge in [0, 0.05) is 6.42 Å². The molecule has 8 rings (SSSR count). The van der Waals surface area contributed by atoms with Crippen molar-refractivity contribution in [3.63, 3.8) is 0 Å². The highest BCUT2D eigenvalue weighted by molar-refractivity contribution is 5.90. The maximum atomic E-state index is 14.5. The van der Waals surface area contributed by atoms with E-state index >= 15 is 0 Å². The predicted octanol–water partition coefficient (Wildman–Crippen LogP) is -3.03. The first-order valence-corrected chi connectivity index (χ1v) is 24.6. The van der Waals surface area contributed by atoms with Gasteiger partial charge in [0.1, 0.15) is 86.3 Å². The van der Waals surface area contributed by atoms with Crippen molar-refractivity contribution in [3.05, 3.63) is 12.2 Å². The number of hydrogen-bond acceptors (Lipinski definition) is 23. The molecular weight excluding hydrogens is 948 g/mol. The molecule has 24 nitrogen and oxygen atoms in total. The molecule has 24 heteroatoms. The second kappa shape index (κ2) is 20.9. The Morgan fingerprint density at radius 3 is 2.03 bits per heavy atom. The molecule has 0 aromatic rings. The Bertz CT molecular complexity index is 1940. The van der Waals surface area contributed by atoms with Crippen molar-refractivity contribution in [2.45, 2.75) is 214 Å². The van der Waals surface area contributed by atoms with E-state index in [0.717, 1.165) is 12.0 Å². The highest BCUT2D eigenvalue weighted by Gasteiger charge is 2.69. The zero-order valence-electron chi connectivity index (χ0n) is 40.0. The van der Waals surface area contributed by atoms with Gasteiger partial charge < -0.3 is 104 Å². The van der Waals surface area contributed by atoms with Gasteiger partial charge in [0.05, 0.1) is 42.5 Å². The Labute approximate surface area is 409 Å². The number of esters is 2. The van der Waals surface area contributed by atoms with E-state index in [2.05, 4.69) is 13.5 Å². The summed E-state index contributed by atoms with van der Waals surface area (Å²) >= 11 is 0. The van der Waals surface area contributed by atoms with E-state index in [-0.39, 0.29) is 18.3 Å². The summed E-state index contributed by atoms with van der Waals surface area (Å²) in [6.07, 6.45) is -26.3. The summed E-state index contributed by atoms with van der Waals surface area (Å²) in [4.78, 5) is 37.3. The van der Waals surface area contributed by atoms with Crippen molar-refractivity contribution < 1.29 is 118 Å². The number of carbonyl (C=O) groups excluding carboxylic acids is 2. The Morgan fingerprint density at radius 2 is 1.34 bits per heavy atom. The van der Waals surface area contributed by atoms with Crippen LogP contribution in [0.5, 0.6) is 0 Å². The number of carboxylic acids is 1. The van der Waals surface area contributed by atoms with Gasteiger partial charge in [0.25, 0.3) is 0 Å². The van der Waals surface area contributed by atoms with E-state index in [1.807, 2.05) is 6.92 Å². The molecule has 71 heavy (non-hydrogen) atoms. The van der Waals surface area contributed by atoms with Gasteiger partial charge >= 0.3 is 17.9 Å². The molecule has 4 aliphatic carbocycles. The number of aliphatic carboxylic acids is 1. The number of ether oxygens (including phenoxy) is 9. The summed E-state index contributed by atoms with van der Waals surface area (Å²) in [6, 6.07) is 0. The first kappa shape index (κ1) is 54.7. The SMILES string of the molecule is C=C1C[C@@]23CC[C@H]4[C@@](C)(CCC[C@@]4(C)C(=O)O[C@@H]4O[C@H](COC(=O)CC(=O)O)[C@@H](O)[C@H](O)[C@H]4O)[C@@H]2CC[C@@]1(O[C@@H]1O[C@H](CO)[C@@H](O)[C@H](O[C@@H]2O[C@H](CO)C[C@H](O)[C@H]2O)[C@H]1O[C@@H]1O[C@@H](C)[C@H](O)[C@@H](O)[C@H]1O)C3. The molecule has 0 aromatic carbocycles. The van der Waals surface area contributed by atoms with Gasteiger partial charge in [-0.1, -0.05) is 19.9 Å². The summed E-state index contributed by atoms with van der Waals surface area (Å²) < 4.78 is 53.8. The average Bonchev–Trinajstić information content (AvgIpc) is 3.52. The van der Waals surface area contributed by atoms with Crippen molar-refractivity contribution in [1.29, 1.82) is 0 Å². The van der Waals surface area contributed by atoms with E-state index in [1.54, 1.807) is 0 Å². The van der Waals surface area contributed by atoms with Gasteiger partial charge in [-0.2, -0.15) is 0 Å². The second-order valence-electron chi connectivity index (χ2n) is 21.8. The minimum absolute atomic E-state index is 0.00829. The number of carboxylic acid groups (broad SMARTS) is 1. The van der Waals surface area contributed by atoms with Crippen LogP contribution in [-0.2, 0) is 57.0 Å². The molecule has 4 heterocycles. The zero-order valence-corrected chi connectivity index (χ0v) is 40.0. The number of fused-ring (bicyclic) bond motifs is 3. The molecule has 0 unspecified atom stereocenters. The standard InChI is InChI=1S/C47H72O24/c1-19-14-46-10-6-25-44(3,8-5-9-45(25,4)43(62)70-41-36(61)34(59)31(56)24(67-41)17-63-28(53)13-27(51)52)26(46)7-11-47(19,18-46)71-42-38(69-40-35(60)33(58)29(54)20(2)64-40)37(32(57)23(16-49)66-42)68-39-30(55)22(50)12-21(15-48)65-39/h20-26,29-42,48-50,54-61H,1,5-18H2,2-4H3,(H,51,52)/t20-,21-,22-,23+,24+,25-,26-,29-,30+,31+,32+,33+,34-,35+,36+,37-,38+,39-,40-,41-,42-,44+,45+,46+,47+/m0/s1. The van der Waals surface area contributed by atoms with Crippen LogP contribution < -0.4 is 0 Å². The fourth-order valence-corrected chi connectivity index (χ4v) is 13.7. The van der Waals surface area contributed by atoms with Crippen LogP contribution in [0.25, 0.3) is 0 Å². The Balaban J connectivity index is 1.03. The maximum absolute atomic E-state index is 14.5. The van der Waals surface area contributed by atoms with Gasteiger partial charge in [-0.15, -0.1) is 0 Å². The van der Waals surface area contributed by atoms with Crippen molar-refractivity contribution in [2.75, 3.05) is 19.8 Å². The predicted molar refractivity (Wildman–Crippen MR) is 232 cm³/mol. The van der Waals surface area contributed by atoms with Crippen LogP contribution in [0.4, 0.5) is 0 Å². The number of rotatable bonds is 14. The van der Waals surface area contributed by atoms with Gasteiger partial charge in [-0.25, -0.2) is 0 Å². The van der Waals surface area contributed by atoms with E-state index < -0.39 is 183 Å². The Hall–Kier alpha value is -2.57. The topological polar surface area (TPSA) is 377 Å². The van der Waals surface area contributed by atoms with Crippen LogP contribution >= 0.6 is 0 Å². The monoisotopic (exact) mass is 1020 g/mol. The van der Waals surface area contributed by atoms with Crippen LogP contribution in [-0.4, -0.2) is 221 Å². The van der Waals surface area contributed by atoms with E-state index in [9.17, 15) is 70.6 Å². The van der Waals surface area contributed by atoms with Crippen LogP contribution in [0.2, 0.25) is 0 Å². The van der Waals surface area contributed by atoms with Crippen molar-refractivity contribution in [1.82, 2.24) is 0 Å². The lowest BCUT2D eigenvalue weighted by Crippen LogP contribution is -2.67. The maximum Gasteiger partial charge on any atom is 0.317 e. The van der Waals surface area contributed by atoms with Crippen LogP contribution in [0.1, 0.15) is 91.4 Å². The molecule has 0 radical (unpaired) electrons. The molecule has 404 valence electrons. The minimum Gasteiger partial charge on any atom is -0.481 e. The van der Waals surface area contributed by atoms with Crippen LogP contribution in [0.15, 0.2) is 12.2 Å². The van der Waals surface area contributed by atoms with E-state index in [4.69, 9.17) is 47.7 Å². The van der Waals surface area contributed by atoms with Crippen molar-refractivity contribution in [3.8, 4) is 0 Å². The third-order valence-corrected chi connectivity index (χ3v) is 17.4. The molecule has 0 amide bonds. The molecule has 4 saturated heterocycles. The van der Waals surface area contributed by atoms with Gasteiger partial charge in [-0.3, -0.25) is 14.4 Å². The highest BCUT2D eigenvalue weighted by Crippen LogP contribution is 2.74. The summed E-state index contributed by atoms with van der Waals surface area (Å²) in [6.45, 7) is 7.96. The normalized spacial score (nSPS) is 50.9. The molecule has 12 N–H and O–H groups in total. The fraction of sp³-hybridized carbons (Fsp3) is 0.894. The van der Waals surface area contributed by atoms with Gasteiger partial charge in [-0.05, 0) is 93.5 Å². The molecule has 8 fully saturated rings. The largest absolute Gasteiger partial charge is 0.481 e. The fourth-order valence-electron chi connectivity index (χ4n) is 13.7. The minimum atomic E-state index is -1.87. The van der Waals surface area contributed by atoms with Crippen LogP contribution in [0.3, 0.4) is 0 Å². The lowest BCUT2D eigenvalue weighted by molar-refractivity contribution is -0.395. The summed E-state index contributed by atoms with van der Waals surface area (Å²) in [5, 5.41) is 127. The second-order valence-corrected chi connectivity index (χ2v) is 21.8. The molecule has 25 atom stereocenters. The first-order valence-electron chi connectivity index (χ1n) is 24.6. The molecule has 8 aliphatic rings. The number of carbonyl (C=O) groups is 3. The lowest BCUT2D eigenvalue weighted by atomic mass is 9.41. The quantitative estimate of drug-likeness (QED) is 0.0356. The van der Waals surface area contributed by atoms with Gasteiger partial charge in [0.15, 0.2) is 18.9 Å². The Kier molecular flexibility index (Phi) is 16.1. The zero-order chi connectivity index (χ0) is 51.7. The van der Waals surface area contributed by atoms with Crippen molar-refractivity contribution >= 4 is 17.9 Å². The molecule has 2 bridgehead atoms.